The number of hydrogen-bond acceptors (Lipinski definition) is 9. The topological polar surface area (TPSA) is 179 Å². The van der Waals surface area contributed by atoms with E-state index in [0.29, 0.717) is 29.9 Å². The molecule has 0 saturated carbocycles. The molecule has 2 aromatic rings. The molecule has 13 heteroatoms. The number of allylic oxidation sites excluding steroid dienone is 5. The van der Waals surface area contributed by atoms with Crippen LogP contribution in [0.4, 0.5) is 5.69 Å². The van der Waals surface area contributed by atoms with E-state index < -0.39 is 17.0 Å². The first-order chi connectivity index (χ1) is 18.9. The van der Waals surface area contributed by atoms with Gasteiger partial charge in [0.2, 0.25) is 11.3 Å². The van der Waals surface area contributed by atoms with Gasteiger partial charge in [-0.05, 0) is 36.1 Å². The number of carboxylic acid groups (broad SMARTS) is 1. The minimum Gasteiger partial charge on any atom is -0.477 e. The normalized spacial score (nSPS) is 17.6. The number of aromatic nitrogens is 1. The molecule has 214 valence electrons. The molecule has 0 aliphatic carbocycles. The fourth-order valence-corrected chi connectivity index (χ4v) is 5.16. The first-order valence-electron chi connectivity index (χ1n) is 12.2. The first-order valence-corrected chi connectivity index (χ1v) is 13.0. The van der Waals surface area contributed by atoms with Crippen LogP contribution in [0.3, 0.4) is 0 Å². The number of hydrogen-bond donors (Lipinski definition) is 5. The summed E-state index contributed by atoms with van der Waals surface area (Å²) in [6.45, 7) is 5.04. The fourth-order valence-electron chi connectivity index (χ4n) is 4.67. The first kappa shape index (κ1) is 30.5. The lowest BCUT2D eigenvalue weighted by molar-refractivity contribution is -0.104. The molecular weight excluding hydrogens is 559 g/mol. The molecule has 1 saturated heterocycles. The molecule has 1 aromatic heterocycles. The van der Waals surface area contributed by atoms with E-state index in [1.54, 1.807) is 13.1 Å². The lowest BCUT2D eigenvalue weighted by atomic mass is 9.85. The Labute approximate surface area is 241 Å². The molecule has 1 aromatic carbocycles. The number of carbonyl (C=O) groups is 2. The number of halogens is 2. The van der Waals surface area contributed by atoms with Gasteiger partial charge in [0.1, 0.15) is 23.5 Å². The van der Waals surface area contributed by atoms with Crippen molar-refractivity contribution in [3.05, 3.63) is 80.3 Å². The summed E-state index contributed by atoms with van der Waals surface area (Å²) in [4.78, 5) is 37.7. The van der Waals surface area contributed by atoms with Gasteiger partial charge in [-0.25, -0.2) is 4.79 Å². The summed E-state index contributed by atoms with van der Waals surface area (Å²) in [5, 5.41) is 13.1. The minimum atomic E-state index is -1.41. The third-order valence-electron chi connectivity index (χ3n) is 6.80. The van der Waals surface area contributed by atoms with Gasteiger partial charge in [0.25, 0.3) is 0 Å². The zero-order valence-electron chi connectivity index (χ0n) is 22.3. The summed E-state index contributed by atoms with van der Waals surface area (Å²) < 4.78 is 7.47. The van der Waals surface area contributed by atoms with Crippen LogP contribution in [-0.4, -0.2) is 48.2 Å². The summed E-state index contributed by atoms with van der Waals surface area (Å²) >= 11 is 13.0. The number of carboxylic acids is 1. The number of nitrogens with zero attached hydrogens (tertiary/aromatic N) is 2. The van der Waals surface area contributed by atoms with Crippen LogP contribution < -0.4 is 32.8 Å². The van der Waals surface area contributed by atoms with E-state index in [1.807, 2.05) is 0 Å². The molecule has 0 bridgehead atoms. The van der Waals surface area contributed by atoms with Crippen molar-refractivity contribution in [1.82, 2.24) is 9.88 Å². The standard InChI is InChI=1S/C27H32Cl2N6O5/c1-27(2)6-7-34(22(27)14-40-25(33-3)18(28)5-4-8-36)21-11-20-16(10-19(21)29)24(37)17(26(38)39)13-35(20)15(12-30)9-23(31)32/h4-5,8-13,22,33H,6-7,14,30-32H2,1-3H3,(H,38,39)/b5-4-,15-12+,25-18-. The van der Waals surface area contributed by atoms with E-state index >= 15 is 0 Å². The fraction of sp³-hybridized carbons (Fsp3) is 0.296. The van der Waals surface area contributed by atoms with E-state index in [-0.39, 0.29) is 45.0 Å². The average molecular weight is 591 g/mol. The quantitative estimate of drug-likeness (QED) is 0.119. The van der Waals surface area contributed by atoms with Crippen molar-refractivity contribution in [2.75, 3.05) is 25.1 Å². The molecule has 1 aliphatic heterocycles. The number of fused-ring (bicyclic) bond motifs is 1. The summed E-state index contributed by atoms with van der Waals surface area (Å²) in [6.07, 6.45) is 7.83. The van der Waals surface area contributed by atoms with Crippen molar-refractivity contribution in [3.63, 3.8) is 0 Å². The van der Waals surface area contributed by atoms with E-state index in [2.05, 4.69) is 24.1 Å². The number of benzene rings is 1. The molecule has 1 aliphatic rings. The van der Waals surface area contributed by atoms with Gasteiger partial charge in [0.15, 0.2) is 0 Å². The zero-order chi connectivity index (χ0) is 29.8. The van der Waals surface area contributed by atoms with Crippen molar-refractivity contribution >= 4 is 57.7 Å². The second-order valence-electron chi connectivity index (χ2n) is 9.78. The molecule has 1 atom stereocenters. The highest BCUT2D eigenvalue weighted by atomic mass is 35.5. The van der Waals surface area contributed by atoms with E-state index in [9.17, 15) is 19.5 Å². The molecule has 0 spiro atoms. The van der Waals surface area contributed by atoms with Gasteiger partial charge in [-0.2, -0.15) is 0 Å². The second kappa shape index (κ2) is 12.4. The van der Waals surface area contributed by atoms with Gasteiger partial charge in [-0.15, -0.1) is 0 Å². The van der Waals surface area contributed by atoms with Crippen molar-refractivity contribution in [2.45, 2.75) is 26.3 Å². The van der Waals surface area contributed by atoms with Gasteiger partial charge in [-0.3, -0.25) is 9.59 Å². The summed E-state index contributed by atoms with van der Waals surface area (Å²) in [6, 6.07) is 2.97. The average Bonchev–Trinajstić information content (AvgIpc) is 3.19. The van der Waals surface area contributed by atoms with Crippen molar-refractivity contribution in [1.29, 1.82) is 0 Å². The van der Waals surface area contributed by atoms with Gasteiger partial charge >= 0.3 is 5.97 Å². The van der Waals surface area contributed by atoms with Gasteiger partial charge in [-0.1, -0.05) is 37.0 Å². The minimum absolute atomic E-state index is 0.0665. The summed E-state index contributed by atoms with van der Waals surface area (Å²) in [5.41, 5.74) is 17.0. The molecule has 11 nitrogen and oxygen atoms in total. The zero-order valence-corrected chi connectivity index (χ0v) is 23.8. The van der Waals surface area contributed by atoms with Gasteiger partial charge < -0.3 is 41.8 Å². The lowest BCUT2D eigenvalue weighted by Crippen LogP contribution is -2.41. The SMILES string of the molecule is CN/C(OCC1N(c2cc3c(cc2Cl)c(=O)c(C(=O)O)cn3/C(C=C(N)N)=C/N)CCC1(C)C)=C(Cl)\C=C/C=O. The van der Waals surface area contributed by atoms with Gasteiger partial charge in [0.05, 0.1) is 33.8 Å². The predicted octanol–water partition coefficient (Wildman–Crippen LogP) is 2.87. The van der Waals surface area contributed by atoms with E-state index in [4.69, 9.17) is 45.1 Å². The number of nitrogens with two attached hydrogens (primary N) is 3. The highest BCUT2D eigenvalue weighted by molar-refractivity contribution is 6.34. The Balaban J connectivity index is 2.19. The molecule has 2 heterocycles. The maximum atomic E-state index is 13.1. The summed E-state index contributed by atoms with van der Waals surface area (Å²) in [5.74, 6) is -1.18. The van der Waals surface area contributed by atoms with E-state index in [0.717, 1.165) is 6.42 Å². The monoisotopic (exact) mass is 590 g/mol. The highest BCUT2D eigenvalue weighted by Gasteiger charge is 2.42. The number of pyridine rings is 1. The van der Waals surface area contributed by atoms with Crippen LogP contribution in [0.2, 0.25) is 5.02 Å². The Morgan fingerprint density at radius 3 is 2.60 bits per heavy atom. The third kappa shape index (κ3) is 6.21. The van der Waals surface area contributed by atoms with Crippen molar-refractivity contribution < 1.29 is 19.4 Å². The van der Waals surface area contributed by atoms with Crippen LogP contribution in [-0.2, 0) is 9.53 Å². The van der Waals surface area contributed by atoms with Crippen LogP contribution in [0.25, 0.3) is 16.6 Å². The van der Waals surface area contributed by atoms with Gasteiger partial charge in [0, 0.05) is 37.5 Å². The van der Waals surface area contributed by atoms with Crippen LogP contribution in [0, 0.1) is 5.41 Å². The number of anilines is 1. The maximum absolute atomic E-state index is 13.1. The number of carbonyl (C=O) groups excluding carboxylic acids is 1. The Bertz CT molecular complexity index is 1500. The smallest absolute Gasteiger partial charge is 0.341 e. The number of ether oxygens (including phenoxy) is 1. The second-order valence-corrected chi connectivity index (χ2v) is 10.6. The summed E-state index contributed by atoms with van der Waals surface area (Å²) in [7, 11) is 1.65. The molecule has 1 unspecified atom stereocenters. The molecule has 1 fully saturated rings. The number of aldehydes is 1. The Kier molecular flexibility index (Phi) is 9.44. The Morgan fingerprint density at radius 2 is 2.02 bits per heavy atom. The molecule has 40 heavy (non-hydrogen) atoms. The van der Waals surface area contributed by atoms with E-state index in [1.165, 1.54) is 41.3 Å². The third-order valence-corrected chi connectivity index (χ3v) is 7.40. The van der Waals surface area contributed by atoms with Crippen molar-refractivity contribution in [2.24, 2.45) is 22.6 Å². The Morgan fingerprint density at radius 1 is 1.32 bits per heavy atom. The largest absolute Gasteiger partial charge is 0.477 e. The van der Waals surface area contributed by atoms with Crippen LogP contribution in [0.5, 0.6) is 0 Å². The molecule has 3 rings (SSSR count). The highest BCUT2D eigenvalue weighted by Crippen LogP contribution is 2.43. The molecule has 0 radical (unpaired) electrons. The van der Waals surface area contributed by atoms with Crippen LogP contribution in [0.15, 0.2) is 64.3 Å². The number of nitrogens with one attached hydrogen (secondary N) is 1. The Hall–Kier alpha value is -4.09. The number of aromatic carboxylic acids is 1. The number of rotatable bonds is 10. The van der Waals surface area contributed by atoms with Crippen LogP contribution >= 0.6 is 23.2 Å². The molecular formula is C27H32Cl2N6O5. The predicted molar refractivity (Wildman–Crippen MR) is 158 cm³/mol. The van der Waals surface area contributed by atoms with Crippen molar-refractivity contribution in [3.8, 4) is 0 Å². The van der Waals surface area contributed by atoms with Crippen LogP contribution in [0.1, 0.15) is 30.6 Å². The molecule has 8 N–H and O–H groups in total. The maximum Gasteiger partial charge on any atom is 0.341 e. The molecule has 0 amide bonds. The lowest BCUT2D eigenvalue weighted by Gasteiger charge is -2.34.